The zero-order valence-electron chi connectivity index (χ0n) is 10.5. The number of nitrogens with zero attached hydrogens (tertiary/aromatic N) is 1. The fourth-order valence-corrected chi connectivity index (χ4v) is 2.04. The number of halogens is 1. The summed E-state index contributed by atoms with van der Waals surface area (Å²) < 4.78 is 1.04. The average Bonchev–Trinajstić information content (AvgIpc) is 2.39. The highest BCUT2D eigenvalue weighted by atomic mass is 79.9. The standard InChI is InChI=1S/C16H14BrNO/c1-12-7-8-16(19)15(10-12)18-9-3-5-13-4-2-6-14(17)11-13/h2-11,19H,1H3/b5-3+,18-9?. The molecule has 2 rings (SSSR count). The monoisotopic (exact) mass is 315 g/mol. The van der Waals surface area contributed by atoms with Gasteiger partial charge in [-0.1, -0.05) is 40.2 Å². The molecule has 0 aliphatic rings. The Bertz CT molecular complexity index is 632. The number of phenols is 1. The zero-order valence-corrected chi connectivity index (χ0v) is 12.1. The van der Waals surface area contributed by atoms with Crippen LogP contribution in [0.15, 0.2) is 58.0 Å². The molecule has 0 aliphatic carbocycles. The second-order valence-corrected chi connectivity index (χ2v) is 5.10. The van der Waals surface area contributed by atoms with E-state index in [4.69, 9.17) is 0 Å². The molecule has 0 heterocycles. The van der Waals surface area contributed by atoms with E-state index in [-0.39, 0.29) is 5.75 Å². The predicted molar refractivity (Wildman–Crippen MR) is 84.2 cm³/mol. The molecule has 1 N–H and O–H groups in total. The third kappa shape index (κ3) is 4.07. The lowest BCUT2D eigenvalue weighted by Gasteiger charge is -1.98. The summed E-state index contributed by atoms with van der Waals surface area (Å²) in [5, 5.41) is 9.64. The Kier molecular flexibility index (Phi) is 4.53. The van der Waals surface area contributed by atoms with Gasteiger partial charge >= 0.3 is 0 Å². The van der Waals surface area contributed by atoms with Gasteiger partial charge in [-0.3, -0.25) is 4.99 Å². The number of aromatic hydroxyl groups is 1. The maximum atomic E-state index is 9.64. The maximum Gasteiger partial charge on any atom is 0.141 e. The van der Waals surface area contributed by atoms with Gasteiger partial charge in [0.2, 0.25) is 0 Å². The number of hydrogen-bond donors (Lipinski definition) is 1. The molecular formula is C16H14BrNO. The predicted octanol–water partition coefficient (Wildman–Crippen LogP) is 4.88. The van der Waals surface area contributed by atoms with Crippen molar-refractivity contribution in [3.63, 3.8) is 0 Å². The first-order chi connectivity index (χ1) is 9.15. The molecule has 0 fully saturated rings. The molecule has 2 aromatic rings. The Morgan fingerprint density at radius 3 is 2.79 bits per heavy atom. The van der Waals surface area contributed by atoms with Crippen LogP contribution in [0.1, 0.15) is 11.1 Å². The van der Waals surface area contributed by atoms with Crippen LogP contribution in [-0.4, -0.2) is 11.3 Å². The summed E-state index contributed by atoms with van der Waals surface area (Å²) in [5.41, 5.74) is 2.74. The highest BCUT2D eigenvalue weighted by Gasteiger charge is 1.96. The van der Waals surface area contributed by atoms with E-state index in [1.807, 2.05) is 55.5 Å². The lowest BCUT2D eigenvalue weighted by molar-refractivity contribution is 0.477. The van der Waals surface area contributed by atoms with Crippen LogP contribution >= 0.6 is 15.9 Å². The summed E-state index contributed by atoms with van der Waals surface area (Å²) in [4.78, 5) is 4.23. The minimum Gasteiger partial charge on any atom is -0.506 e. The van der Waals surface area contributed by atoms with Gasteiger partial charge in [-0.15, -0.1) is 0 Å². The van der Waals surface area contributed by atoms with E-state index in [0.717, 1.165) is 15.6 Å². The molecule has 0 spiro atoms. The second kappa shape index (κ2) is 6.34. The summed E-state index contributed by atoms with van der Waals surface area (Å²) in [6.07, 6.45) is 5.49. The molecular weight excluding hydrogens is 302 g/mol. The van der Waals surface area contributed by atoms with Crippen LogP contribution in [0, 0.1) is 6.92 Å². The molecule has 0 amide bonds. The smallest absolute Gasteiger partial charge is 0.141 e. The van der Waals surface area contributed by atoms with E-state index in [1.54, 1.807) is 12.3 Å². The van der Waals surface area contributed by atoms with Gasteiger partial charge in [0.15, 0.2) is 0 Å². The third-order valence-corrected chi connectivity index (χ3v) is 3.06. The van der Waals surface area contributed by atoms with Gasteiger partial charge in [0, 0.05) is 10.7 Å². The molecule has 3 heteroatoms. The van der Waals surface area contributed by atoms with Crippen LogP contribution < -0.4 is 0 Å². The summed E-state index contributed by atoms with van der Waals surface area (Å²) in [6, 6.07) is 13.3. The lowest BCUT2D eigenvalue weighted by Crippen LogP contribution is -1.74. The van der Waals surface area contributed by atoms with Gasteiger partial charge in [-0.2, -0.15) is 0 Å². The van der Waals surface area contributed by atoms with Crippen LogP contribution in [0.2, 0.25) is 0 Å². The first kappa shape index (κ1) is 13.6. The number of phenolic OH excluding ortho intramolecular Hbond substituents is 1. The molecule has 0 saturated carbocycles. The van der Waals surface area contributed by atoms with E-state index in [0.29, 0.717) is 5.69 Å². The van der Waals surface area contributed by atoms with E-state index in [9.17, 15) is 5.11 Å². The van der Waals surface area contributed by atoms with E-state index < -0.39 is 0 Å². The van der Waals surface area contributed by atoms with Gasteiger partial charge < -0.3 is 5.11 Å². The number of allylic oxidation sites excluding steroid dienone is 1. The van der Waals surface area contributed by atoms with Crippen molar-refractivity contribution in [2.45, 2.75) is 6.92 Å². The van der Waals surface area contributed by atoms with Crippen LogP contribution in [0.4, 0.5) is 5.69 Å². The number of rotatable bonds is 3. The van der Waals surface area contributed by atoms with Gasteiger partial charge in [-0.05, 0) is 48.4 Å². The van der Waals surface area contributed by atoms with E-state index in [2.05, 4.69) is 20.9 Å². The van der Waals surface area contributed by atoms with Crippen molar-refractivity contribution >= 4 is 33.9 Å². The minimum atomic E-state index is 0.192. The Hall–Kier alpha value is -1.87. The molecule has 0 aliphatic heterocycles. The molecule has 2 nitrogen and oxygen atoms in total. The fourth-order valence-electron chi connectivity index (χ4n) is 1.62. The first-order valence-electron chi connectivity index (χ1n) is 5.91. The van der Waals surface area contributed by atoms with Crippen LogP contribution in [0.25, 0.3) is 6.08 Å². The number of aryl methyl sites for hydroxylation is 1. The molecule has 19 heavy (non-hydrogen) atoms. The molecule has 0 unspecified atom stereocenters. The zero-order chi connectivity index (χ0) is 13.7. The van der Waals surface area contributed by atoms with Gasteiger partial charge in [-0.25, -0.2) is 0 Å². The molecule has 0 saturated heterocycles. The summed E-state index contributed by atoms with van der Waals surface area (Å²) in [6.45, 7) is 1.97. The van der Waals surface area contributed by atoms with Crippen molar-refractivity contribution in [2.24, 2.45) is 4.99 Å². The third-order valence-electron chi connectivity index (χ3n) is 2.57. The second-order valence-electron chi connectivity index (χ2n) is 4.18. The van der Waals surface area contributed by atoms with Gasteiger partial charge in [0.25, 0.3) is 0 Å². The van der Waals surface area contributed by atoms with Crippen molar-refractivity contribution in [2.75, 3.05) is 0 Å². The van der Waals surface area contributed by atoms with Crippen LogP contribution in [0.5, 0.6) is 5.75 Å². The summed E-state index contributed by atoms with van der Waals surface area (Å²) in [7, 11) is 0. The normalized spacial score (nSPS) is 11.5. The molecule has 0 atom stereocenters. The number of aliphatic imine (C=N–C) groups is 1. The van der Waals surface area contributed by atoms with Crippen molar-refractivity contribution in [3.8, 4) is 5.75 Å². The minimum absolute atomic E-state index is 0.192. The Morgan fingerprint density at radius 2 is 2.00 bits per heavy atom. The lowest BCUT2D eigenvalue weighted by atomic mass is 10.2. The van der Waals surface area contributed by atoms with Crippen molar-refractivity contribution in [1.82, 2.24) is 0 Å². The quantitative estimate of drug-likeness (QED) is 0.804. The fraction of sp³-hybridized carbons (Fsp3) is 0.0625. The number of hydrogen-bond acceptors (Lipinski definition) is 2. The summed E-state index contributed by atoms with van der Waals surface area (Å²) in [5.74, 6) is 0.192. The van der Waals surface area contributed by atoms with Crippen molar-refractivity contribution in [3.05, 3.63) is 64.1 Å². The van der Waals surface area contributed by atoms with Crippen LogP contribution in [0.3, 0.4) is 0 Å². The SMILES string of the molecule is Cc1ccc(O)c(N=C/C=C/c2cccc(Br)c2)c1. The van der Waals surface area contributed by atoms with Crippen molar-refractivity contribution < 1.29 is 5.11 Å². The Morgan fingerprint density at radius 1 is 1.16 bits per heavy atom. The Labute approximate surface area is 121 Å². The highest BCUT2D eigenvalue weighted by Crippen LogP contribution is 2.26. The van der Waals surface area contributed by atoms with Gasteiger partial charge in [0.05, 0.1) is 0 Å². The van der Waals surface area contributed by atoms with Crippen LogP contribution in [-0.2, 0) is 0 Å². The molecule has 96 valence electrons. The molecule has 0 bridgehead atoms. The Balaban J connectivity index is 2.09. The molecule has 0 radical (unpaired) electrons. The summed E-state index contributed by atoms with van der Waals surface area (Å²) >= 11 is 3.42. The molecule has 2 aromatic carbocycles. The largest absolute Gasteiger partial charge is 0.506 e. The topological polar surface area (TPSA) is 32.6 Å². The first-order valence-corrected chi connectivity index (χ1v) is 6.70. The van der Waals surface area contributed by atoms with Gasteiger partial charge in [0.1, 0.15) is 11.4 Å². The van der Waals surface area contributed by atoms with E-state index in [1.165, 1.54) is 0 Å². The van der Waals surface area contributed by atoms with E-state index >= 15 is 0 Å². The van der Waals surface area contributed by atoms with Crippen molar-refractivity contribution in [1.29, 1.82) is 0 Å². The average molecular weight is 316 g/mol. The molecule has 0 aromatic heterocycles. The maximum absolute atomic E-state index is 9.64. The number of benzene rings is 2. The highest BCUT2D eigenvalue weighted by molar-refractivity contribution is 9.10.